The molecule has 1 saturated heterocycles. The van der Waals surface area contributed by atoms with Gasteiger partial charge in [-0.2, -0.15) is 0 Å². The minimum Gasteiger partial charge on any atom is -0.470 e. The van der Waals surface area contributed by atoms with Crippen LogP contribution in [0.4, 0.5) is 5.13 Å². The first-order valence-electron chi connectivity index (χ1n) is 8.54. The first-order chi connectivity index (χ1) is 12.4. The molecule has 0 amide bonds. The number of rotatable bonds is 5. The van der Waals surface area contributed by atoms with Crippen molar-refractivity contribution in [3.63, 3.8) is 0 Å². The number of guanidine groups is 1. The number of ether oxygens (including phenoxy) is 2. The maximum absolute atomic E-state index is 5.86. The van der Waals surface area contributed by atoms with E-state index in [2.05, 4.69) is 25.6 Å². The molecule has 0 bridgehead atoms. The molecule has 0 atom stereocenters. The molecule has 0 saturated carbocycles. The van der Waals surface area contributed by atoms with Crippen LogP contribution in [0.2, 0.25) is 0 Å². The highest BCUT2D eigenvalue weighted by molar-refractivity contribution is 7.14. The van der Waals surface area contributed by atoms with Gasteiger partial charge in [0.1, 0.15) is 11.4 Å². The normalized spacial score (nSPS) is 18.5. The summed E-state index contributed by atoms with van der Waals surface area (Å²) in [6.07, 6.45) is 3.21. The summed E-state index contributed by atoms with van der Waals surface area (Å²) < 4.78 is 11.2. The fraction of sp³-hybridized carbons (Fsp3) is 0.562. The SMILES string of the molecule is c1sc(NC2=NCCCN2)nc1-c1csc(OCC2CCOCC2)n1. The number of nitrogens with zero attached hydrogens (tertiary/aromatic N) is 3. The fourth-order valence-corrected chi connectivity index (χ4v) is 4.09. The average molecular weight is 380 g/mol. The number of nitrogens with one attached hydrogen (secondary N) is 2. The second-order valence-electron chi connectivity index (χ2n) is 6.04. The standard InChI is InChI=1S/C16H21N5O2S2/c1-4-17-14(18-5-1)21-15-19-12(9-24-15)13-10-25-16(20-13)23-8-11-2-6-22-7-3-11/h9-11H,1-8H2,(H2,17,18,19,21). The summed E-state index contributed by atoms with van der Waals surface area (Å²) >= 11 is 3.07. The zero-order valence-corrected chi connectivity index (χ0v) is 15.5. The number of hydrogen-bond donors (Lipinski definition) is 2. The summed E-state index contributed by atoms with van der Waals surface area (Å²) in [5.74, 6) is 1.37. The lowest BCUT2D eigenvalue weighted by molar-refractivity contribution is 0.0497. The molecule has 2 aliphatic heterocycles. The Hall–Kier alpha value is -1.71. The van der Waals surface area contributed by atoms with Crippen LogP contribution in [0.3, 0.4) is 0 Å². The van der Waals surface area contributed by atoms with Crippen molar-refractivity contribution in [1.29, 1.82) is 0 Å². The Kier molecular flexibility index (Phi) is 5.43. The van der Waals surface area contributed by atoms with Gasteiger partial charge < -0.3 is 20.1 Å². The lowest BCUT2D eigenvalue weighted by Gasteiger charge is -2.21. The molecule has 9 heteroatoms. The number of hydrogen-bond acceptors (Lipinski definition) is 9. The van der Waals surface area contributed by atoms with Gasteiger partial charge in [0, 0.05) is 37.1 Å². The van der Waals surface area contributed by atoms with E-state index < -0.39 is 0 Å². The Labute approximate surface area is 154 Å². The van der Waals surface area contributed by atoms with Crippen LogP contribution in [0.15, 0.2) is 15.8 Å². The second-order valence-corrected chi connectivity index (χ2v) is 7.72. The summed E-state index contributed by atoms with van der Waals surface area (Å²) in [7, 11) is 0. The van der Waals surface area contributed by atoms with Gasteiger partial charge in [0.15, 0.2) is 11.1 Å². The summed E-state index contributed by atoms with van der Waals surface area (Å²) in [6.45, 7) is 4.20. The molecule has 134 valence electrons. The topological polar surface area (TPSA) is 80.7 Å². The van der Waals surface area contributed by atoms with Gasteiger partial charge in [-0.25, -0.2) is 9.97 Å². The van der Waals surface area contributed by atoms with Gasteiger partial charge in [-0.1, -0.05) is 11.3 Å². The number of thiazole rings is 2. The summed E-state index contributed by atoms with van der Waals surface area (Å²) in [5, 5.41) is 12.0. The Morgan fingerprint density at radius 1 is 1.20 bits per heavy atom. The lowest BCUT2D eigenvalue weighted by Crippen LogP contribution is -2.35. The minimum atomic E-state index is 0.569. The predicted molar refractivity (Wildman–Crippen MR) is 101 cm³/mol. The van der Waals surface area contributed by atoms with Crippen LogP contribution < -0.4 is 15.4 Å². The maximum atomic E-state index is 5.86. The van der Waals surface area contributed by atoms with Gasteiger partial charge in [-0.15, -0.1) is 11.3 Å². The molecule has 2 aliphatic rings. The molecule has 1 fully saturated rings. The van der Waals surface area contributed by atoms with E-state index in [1.54, 1.807) is 11.3 Å². The second kappa shape index (κ2) is 8.11. The van der Waals surface area contributed by atoms with E-state index in [0.29, 0.717) is 17.7 Å². The third-order valence-electron chi connectivity index (χ3n) is 4.16. The van der Waals surface area contributed by atoms with Gasteiger partial charge in [0.05, 0.1) is 6.61 Å². The van der Waals surface area contributed by atoms with E-state index in [0.717, 1.165) is 68.0 Å². The third kappa shape index (κ3) is 4.47. The third-order valence-corrected chi connectivity index (χ3v) is 5.67. The van der Waals surface area contributed by atoms with E-state index in [9.17, 15) is 0 Å². The maximum Gasteiger partial charge on any atom is 0.273 e. The van der Waals surface area contributed by atoms with Gasteiger partial charge in [-0.05, 0) is 25.2 Å². The molecule has 0 unspecified atom stereocenters. The number of anilines is 1. The van der Waals surface area contributed by atoms with Crippen LogP contribution in [0.25, 0.3) is 11.4 Å². The molecule has 0 aliphatic carbocycles. The molecule has 2 N–H and O–H groups in total. The van der Waals surface area contributed by atoms with Gasteiger partial charge in [-0.3, -0.25) is 4.99 Å². The van der Waals surface area contributed by atoms with E-state index in [-0.39, 0.29) is 0 Å². The van der Waals surface area contributed by atoms with E-state index in [1.807, 2.05) is 10.8 Å². The molecule has 25 heavy (non-hydrogen) atoms. The molecule has 0 spiro atoms. The predicted octanol–water partition coefficient (Wildman–Crippen LogP) is 2.83. The van der Waals surface area contributed by atoms with Gasteiger partial charge in [0.2, 0.25) is 0 Å². The molecular formula is C16H21N5O2S2. The van der Waals surface area contributed by atoms with Crippen LogP contribution in [0, 0.1) is 5.92 Å². The van der Waals surface area contributed by atoms with Gasteiger partial charge >= 0.3 is 0 Å². The summed E-state index contributed by atoms with van der Waals surface area (Å²) in [6, 6.07) is 0. The Morgan fingerprint density at radius 3 is 2.88 bits per heavy atom. The zero-order chi connectivity index (χ0) is 16.9. The number of aliphatic imine (C=N–C) groups is 1. The smallest absolute Gasteiger partial charge is 0.273 e. The van der Waals surface area contributed by atoms with Crippen molar-refractivity contribution in [2.75, 3.05) is 38.2 Å². The van der Waals surface area contributed by atoms with Crippen LogP contribution >= 0.6 is 22.7 Å². The molecule has 7 nitrogen and oxygen atoms in total. The Morgan fingerprint density at radius 2 is 2.04 bits per heavy atom. The molecule has 0 radical (unpaired) electrons. The van der Waals surface area contributed by atoms with Crippen LogP contribution in [-0.2, 0) is 4.74 Å². The summed E-state index contributed by atoms with van der Waals surface area (Å²) in [5.41, 5.74) is 1.72. The molecule has 4 rings (SSSR count). The minimum absolute atomic E-state index is 0.569. The van der Waals surface area contributed by atoms with Crippen molar-refractivity contribution in [1.82, 2.24) is 15.3 Å². The van der Waals surface area contributed by atoms with Crippen molar-refractivity contribution in [2.45, 2.75) is 19.3 Å². The van der Waals surface area contributed by atoms with Gasteiger partial charge in [0.25, 0.3) is 5.19 Å². The first kappa shape index (κ1) is 16.7. The molecule has 2 aromatic heterocycles. The molecular weight excluding hydrogens is 358 g/mol. The van der Waals surface area contributed by atoms with Crippen LogP contribution in [-0.4, -0.2) is 48.8 Å². The monoisotopic (exact) mass is 379 g/mol. The largest absolute Gasteiger partial charge is 0.470 e. The van der Waals surface area contributed by atoms with Crippen LogP contribution in [0.5, 0.6) is 5.19 Å². The Balaban J connectivity index is 1.34. The molecule has 0 aromatic carbocycles. The lowest BCUT2D eigenvalue weighted by atomic mass is 10.0. The van der Waals surface area contributed by atoms with Crippen molar-refractivity contribution < 1.29 is 9.47 Å². The fourth-order valence-electron chi connectivity index (χ4n) is 2.71. The van der Waals surface area contributed by atoms with Crippen molar-refractivity contribution >= 4 is 33.8 Å². The van der Waals surface area contributed by atoms with E-state index in [4.69, 9.17) is 9.47 Å². The van der Waals surface area contributed by atoms with Crippen molar-refractivity contribution in [2.24, 2.45) is 10.9 Å². The molecule has 4 heterocycles. The Bertz CT molecular complexity index is 724. The highest BCUT2D eigenvalue weighted by Gasteiger charge is 2.16. The quantitative estimate of drug-likeness (QED) is 0.831. The van der Waals surface area contributed by atoms with Crippen molar-refractivity contribution in [3.05, 3.63) is 10.8 Å². The zero-order valence-electron chi connectivity index (χ0n) is 13.9. The van der Waals surface area contributed by atoms with Crippen molar-refractivity contribution in [3.8, 4) is 16.6 Å². The number of aromatic nitrogens is 2. The average Bonchev–Trinajstić information content (AvgIpc) is 3.31. The summed E-state index contributed by atoms with van der Waals surface area (Å²) in [4.78, 5) is 13.6. The van der Waals surface area contributed by atoms with E-state index in [1.165, 1.54) is 11.3 Å². The van der Waals surface area contributed by atoms with E-state index >= 15 is 0 Å². The highest BCUT2D eigenvalue weighted by Crippen LogP contribution is 2.29. The highest BCUT2D eigenvalue weighted by atomic mass is 32.1. The molecule has 2 aromatic rings. The van der Waals surface area contributed by atoms with Crippen LogP contribution in [0.1, 0.15) is 19.3 Å². The first-order valence-corrected chi connectivity index (χ1v) is 10.3.